The first-order chi connectivity index (χ1) is 33.3. The molecule has 2 N–H and O–H groups in total. The Labute approximate surface area is 418 Å². The molecule has 0 bridgehead atoms. The fourth-order valence-corrected chi connectivity index (χ4v) is 9.98. The van der Waals surface area contributed by atoms with Crippen LogP contribution in [0.3, 0.4) is 0 Å². The second-order valence-electron chi connectivity index (χ2n) is 17.7. The summed E-state index contributed by atoms with van der Waals surface area (Å²) in [6.07, 6.45) is 11.1. The van der Waals surface area contributed by atoms with E-state index in [1.165, 1.54) is 37.5 Å². The fourth-order valence-electron chi connectivity index (χ4n) is 9.27. The zero-order valence-corrected chi connectivity index (χ0v) is 40.8. The molecule has 5 aliphatic rings. The summed E-state index contributed by atoms with van der Waals surface area (Å²) < 4.78 is 18.4. The normalized spacial score (nSPS) is 13.5. The lowest BCUT2D eigenvalue weighted by Crippen LogP contribution is -2.35. The molecule has 2 aliphatic heterocycles. The number of unbranched alkanes of at least 4 members (excludes halogenated alkanes) is 3. The summed E-state index contributed by atoms with van der Waals surface area (Å²) in [7, 11) is 1.78. The van der Waals surface area contributed by atoms with Crippen LogP contribution in [0.25, 0.3) is 66.8 Å². The summed E-state index contributed by atoms with van der Waals surface area (Å²) in [6, 6.07) is 27.1. The van der Waals surface area contributed by atoms with Gasteiger partial charge in [-0.25, -0.2) is 0 Å². The Morgan fingerprint density at radius 1 is 0.638 bits per heavy atom. The van der Waals surface area contributed by atoms with E-state index in [-0.39, 0.29) is 44.1 Å². The Morgan fingerprint density at radius 2 is 1.16 bits per heavy atom. The highest BCUT2D eigenvalue weighted by molar-refractivity contribution is 6.34. The SMILES string of the molecule is CN(CCCCCCOc1cc2oc3cc(=O)c(Cl)cc-3c(-c3ccc(C(=O)NC4CCCCCCC4)cc3)c2cc1Cl)C(=O)c1ccc(-c2c3cc(Cl)c(=O)cc-3oc3cc(O)c(Cl)cc23)cc1. The molecule has 9 rings (SSSR count). The van der Waals surface area contributed by atoms with Crippen molar-refractivity contribution in [2.45, 2.75) is 76.7 Å². The summed E-state index contributed by atoms with van der Waals surface area (Å²) in [6.45, 7) is 0.949. The van der Waals surface area contributed by atoms with Gasteiger partial charge in [0.15, 0.2) is 0 Å². The van der Waals surface area contributed by atoms with Crippen molar-refractivity contribution in [2.75, 3.05) is 20.2 Å². The van der Waals surface area contributed by atoms with Gasteiger partial charge in [-0.15, -0.1) is 0 Å². The molecule has 3 aliphatic carbocycles. The van der Waals surface area contributed by atoms with Crippen LogP contribution in [0.15, 0.2) is 115 Å². The topological polar surface area (TPSA) is 139 Å². The first-order valence-corrected chi connectivity index (χ1v) is 24.7. The molecule has 10 nitrogen and oxygen atoms in total. The van der Waals surface area contributed by atoms with Crippen molar-refractivity contribution in [3.63, 3.8) is 0 Å². The van der Waals surface area contributed by atoms with Gasteiger partial charge in [0, 0.05) is 88.1 Å². The zero-order valence-electron chi connectivity index (χ0n) is 37.8. The van der Waals surface area contributed by atoms with E-state index in [0.29, 0.717) is 85.2 Å². The summed E-state index contributed by atoms with van der Waals surface area (Å²) >= 11 is 25.8. The molecule has 0 radical (unpaired) electrons. The predicted octanol–water partition coefficient (Wildman–Crippen LogP) is 14.3. The maximum absolute atomic E-state index is 13.5. The average molecular weight is 1010 g/mol. The first-order valence-electron chi connectivity index (χ1n) is 23.2. The van der Waals surface area contributed by atoms with Crippen LogP contribution in [-0.4, -0.2) is 48.1 Å². The second kappa shape index (κ2) is 20.9. The third kappa shape index (κ3) is 10.5. The minimum atomic E-state index is -0.392. The van der Waals surface area contributed by atoms with E-state index in [0.717, 1.165) is 68.1 Å². The van der Waals surface area contributed by atoms with Crippen molar-refractivity contribution < 1.29 is 28.3 Å². The summed E-state index contributed by atoms with van der Waals surface area (Å²) in [5.74, 6) is 0.722. The lowest BCUT2D eigenvalue weighted by molar-refractivity contribution is 0.0792. The lowest BCUT2D eigenvalue weighted by Gasteiger charge is -2.21. The molecule has 1 saturated carbocycles. The molecular formula is C55H48Cl4N2O8. The fraction of sp³-hybridized carbons (Fsp3) is 0.273. The summed E-state index contributed by atoms with van der Waals surface area (Å²) in [4.78, 5) is 53.5. The van der Waals surface area contributed by atoms with E-state index >= 15 is 0 Å². The number of aromatic hydroxyl groups is 1. The molecule has 1 fully saturated rings. The number of halogens is 4. The number of phenolic OH excluding ortho intramolecular Hbond substituents is 1. The second-order valence-corrected chi connectivity index (χ2v) is 19.4. The Morgan fingerprint density at radius 3 is 1.75 bits per heavy atom. The number of benzene rings is 6. The number of amides is 2. The van der Waals surface area contributed by atoms with Crippen LogP contribution in [0.1, 0.15) is 91.3 Å². The van der Waals surface area contributed by atoms with E-state index in [1.54, 1.807) is 54.4 Å². The van der Waals surface area contributed by atoms with Crippen LogP contribution in [0.2, 0.25) is 20.1 Å². The number of ether oxygens (including phenoxy) is 1. The van der Waals surface area contributed by atoms with E-state index in [2.05, 4.69) is 5.32 Å². The maximum atomic E-state index is 13.5. The number of nitrogens with zero attached hydrogens (tertiary/aromatic N) is 1. The molecule has 69 heavy (non-hydrogen) atoms. The number of fused-ring (bicyclic) bond motifs is 4. The van der Waals surface area contributed by atoms with Gasteiger partial charge >= 0.3 is 0 Å². The van der Waals surface area contributed by atoms with E-state index in [1.807, 2.05) is 36.4 Å². The summed E-state index contributed by atoms with van der Waals surface area (Å²) in [5, 5.41) is 15.4. The van der Waals surface area contributed by atoms with Gasteiger partial charge in [-0.3, -0.25) is 19.2 Å². The van der Waals surface area contributed by atoms with Crippen molar-refractivity contribution >= 4 is 80.2 Å². The van der Waals surface area contributed by atoms with Gasteiger partial charge < -0.3 is 28.9 Å². The Bertz CT molecular complexity index is 3270. The van der Waals surface area contributed by atoms with Gasteiger partial charge in [0.2, 0.25) is 10.9 Å². The highest BCUT2D eigenvalue weighted by atomic mass is 35.5. The molecule has 4 aromatic carbocycles. The number of rotatable bonds is 13. The number of hydrogen-bond donors (Lipinski definition) is 2. The molecule has 14 heteroatoms. The van der Waals surface area contributed by atoms with Gasteiger partial charge in [0.25, 0.3) is 11.8 Å². The van der Waals surface area contributed by atoms with E-state index in [4.69, 9.17) is 60.0 Å². The van der Waals surface area contributed by atoms with Crippen LogP contribution in [0, 0.1) is 0 Å². The Balaban J connectivity index is 0.819. The number of nitrogens with one attached hydrogen (secondary N) is 1. The molecule has 0 aromatic heterocycles. The molecule has 0 saturated heterocycles. The molecule has 354 valence electrons. The zero-order chi connectivity index (χ0) is 48.3. The largest absolute Gasteiger partial charge is 0.506 e. The molecule has 0 spiro atoms. The molecule has 0 atom stereocenters. The minimum Gasteiger partial charge on any atom is -0.506 e. The number of phenols is 1. The van der Waals surface area contributed by atoms with Gasteiger partial charge in [0.05, 0.1) is 26.7 Å². The monoisotopic (exact) mass is 1000 g/mol. The van der Waals surface area contributed by atoms with Crippen LogP contribution in [-0.2, 0) is 0 Å². The van der Waals surface area contributed by atoms with Crippen molar-refractivity contribution in [1.29, 1.82) is 0 Å². The summed E-state index contributed by atoms with van der Waals surface area (Å²) in [5.41, 5.74) is 5.35. The van der Waals surface area contributed by atoms with Gasteiger partial charge in [-0.1, -0.05) is 116 Å². The minimum absolute atomic E-state index is 0.0355. The molecular weight excluding hydrogens is 958 g/mol. The van der Waals surface area contributed by atoms with Gasteiger partial charge in [0.1, 0.15) is 34.2 Å². The molecule has 4 aromatic rings. The number of hydrogen-bond acceptors (Lipinski definition) is 8. The quantitative estimate of drug-likeness (QED) is 0.0860. The van der Waals surface area contributed by atoms with Gasteiger partial charge in [-0.05, 0) is 85.3 Å². The van der Waals surface area contributed by atoms with Crippen LogP contribution >= 0.6 is 46.4 Å². The van der Waals surface area contributed by atoms with Crippen LogP contribution < -0.4 is 20.9 Å². The number of carbonyl (C=O) groups is 2. The lowest BCUT2D eigenvalue weighted by atomic mass is 9.93. The molecule has 0 unspecified atom stereocenters. The standard InChI is InChI=1S/C55H48Cl4N2O8/c1-61(55(66)34-19-15-32(16-20-34)52-36-23-40(56)44(62)27-47(36)68-48-28-45(63)41(57)24-37(48)52)21-9-5-6-10-22-67-51-30-50-39(26-43(51)59)53(38-25-42(58)46(64)29-49(38)69-50)31-13-17-33(18-14-31)54(65)60-35-11-7-3-2-4-8-12-35/h13-20,23-30,35,62H,2-12,21-22H2,1H3,(H,60,65). The highest BCUT2D eigenvalue weighted by Gasteiger charge is 2.24. The van der Waals surface area contributed by atoms with Crippen LogP contribution in [0.4, 0.5) is 0 Å². The van der Waals surface area contributed by atoms with Crippen molar-refractivity contribution in [1.82, 2.24) is 10.2 Å². The van der Waals surface area contributed by atoms with Crippen molar-refractivity contribution in [3.05, 3.63) is 149 Å². The van der Waals surface area contributed by atoms with E-state index < -0.39 is 5.43 Å². The first kappa shape index (κ1) is 48.0. The maximum Gasteiger partial charge on any atom is 0.253 e. The predicted molar refractivity (Wildman–Crippen MR) is 275 cm³/mol. The van der Waals surface area contributed by atoms with E-state index in [9.17, 15) is 24.3 Å². The molecule has 2 amide bonds. The molecule has 2 heterocycles. The van der Waals surface area contributed by atoms with Gasteiger partial charge in [-0.2, -0.15) is 0 Å². The third-order valence-electron chi connectivity index (χ3n) is 13.0. The van der Waals surface area contributed by atoms with Crippen molar-refractivity contribution in [2.24, 2.45) is 0 Å². The number of carbonyl (C=O) groups excluding carboxylic acids is 2. The third-order valence-corrected chi connectivity index (χ3v) is 14.1. The Kier molecular flexibility index (Phi) is 14.5. The Hall–Kier alpha value is -6.04. The average Bonchev–Trinajstić information content (AvgIpc) is 3.32. The smallest absolute Gasteiger partial charge is 0.253 e. The van der Waals surface area contributed by atoms with Crippen molar-refractivity contribution in [3.8, 4) is 56.4 Å². The van der Waals surface area contributed by atoms with Crippen LogP contribution in [0.5, 0.6) is 11.5 Å². The highest BCUT2D eigenvalue weighted by Crippen LogP contribution is 2.45.